The summed E-state index contributed by atoms with van der Waals surface area (Å²) in [5.41, 5.74) is 0.999. The molecular formula is C14H23N3O. The zero-order valence-electron chi connectivity index (χ0n) is 11.6. The van der Waals surface area contributed by atoms with Crippen LogP contribution >= 0.6 is 0 Å². The van der Waals surface area contributed by atoms with E-state index in [9.17, 15) is 0 Å². The summed E-state index contributed by atoms with van der Waals surface area (Å²) >= 11 is 0. The highest BCUT2D eigenvalue weighted by molar-refractivity contribution is 5.48. The molecule has 2 rings (SSSR count). The van der Waals surface area contributed by atoms with Crippen molar-refractivity contribution in [1.82, 2.24) is 9.97 Å². The molecule has 4 nitrogen and oxygen atoms in total. The normalized spacial score (nSPS) is 23.7. The topological polar surface area (TPSA) is 47.0 Å². The SMILES string of the molecule is CCC1CCCC(Nc2ncnc(OC)c2C)C1. The molecule has 1 heterocycles. The first-order chi connectivity index (χ1) is 8.74. The van der Waals surface area contributed by atoms with Gasteiger partial charge in [0.2, 0.25) is 5.88 Å². The summed E-state index contributed by atoms with van der Waals surface area (Å²) in [5, 5.41) is 3.56. The Hall–Kier alpha value is -1.32. The predicted octanol–water partition coefficient (Wildman–Crippen LogP) is 3.17. The Morgan fingerprint density at radius 2 is 2.22 bits per heavy atom. The van der Waals surface area contributed by atoms with Gasteiger partial charge in [-0.15, -0.1) is 0 Å². The van der Waals surface area contributed by atoms with E-state index in [1.165, 1.54) is 32.1 Å². The number of aromatic nitrogens is 2. The molecule has 2 unspecified atom stereocenters. The molecule has 100 valence electrons. The van der Waals surface area contributed by atoms with Crippen LogP contribution in [0.4, 0.5) is 5.82 Å². The highest BCUT2D eigenvalue weighted by atomic mass is 16.5. The average molecular weight is 249 g/mol. The lowest BCUT2D eigenvalue weighted by molar-refractivity contribution is 0.326. The van der Waals surface area contributed by atoms with Gasteiger partial charge < -0.3 is 10.1 Å². The monoisotopic (exact) mass is 249 g/mol. The first-order valence-corrected chi connectivity index (χ1v) is 6.86. The molecule has 0 aliphatic heterocycles. The average Bonchev–Trinajstić information content (AvgIpc) is 2.41. The van der Waals surface area contributed by atoms with Gasteiger partial charge in [-0.2, -0.15) is 0 Å². The van der Waals surface area contributed by atoms with Crippen LogP contribution < -0.4 is 10.1 Å². The number of rotatable bonds is 4. The van der Waals surface area contributed by atoms with Crippen molar-refractivity contribution < 1.29 is 4.74 Å². The van der Waals surface area contributed by atoms with Gasteiger partial charge in [0.1, 0.15) is 12.1 Å². The van der Waals surface area contributed by atoms with Gasteiger partial charge in [-0.05, 0) is 25.7 Å². The van der Waals surface area contributed by atoms with Crippen LogP contribution in [0.25, 0.3) is 0 Å². The molecule has 1 aromatic heterocycles. The highest BCUT2D eigenvalue weighted by Crippen LogP contribution is 2.29. The van der Waals surface area contributed by atoms with Gasteiger partial charge in [-0.25, -0.2) is 9.97 Å². The highest BCUT2D eigenvalue weighted by Gasteiger charge is 2.21. The van der Waals surface area contributed by atoms with Gasteiger partial charge in [-0.1, -0.05) is 26.2 Å². The van der Waals surface area contributed by atoms with Crippen LogP contribution in [-0.2, 0) is 0 Å². The Labute approximate surface area is 109 Å². The fourth-order valence-electron chi connectivity index (χ4n) is 2.77. The van der Waals surface area contributed by atoms with Crippen molar-refractivity contribution in [3.8, 4) is 5.88 Å². The first-order valence-electron chi connectivity index (χ1n) is 6.86. The molecule has 0 radical (unpaired) electrons. The third kappa shape index (κ3) is 2.92. The molecule has 0 spiro atoms. The Bertz CT molecular complexity index is 395. The Balaban J connectivity index is 2.04. The lowest BCUT2D eigenvalue weighted by Crippen LogP contribution is -2.27. The minimum absolute atomic E-state index is 0.544. The second-order valence-electron chi connectivity index (χ2n) is 5.14. The van der Waals surface area contributed by atoms with E-state index in [2.05, 4.69) is 22.2 Å². The summed E-state index contributed by atoms with van der Waals surface area (Å²) in [6.45, 7) is 4.29. The third-order valence-corrected chi connectivity index (χ3v) is 3.93. The van der Waals surface area contributed by atoms with Gasteiger partial charge in [-0.3, -0.25) is 0 Å². The van der Waals surface area contributed by atoms with Crippen molar-refractivity contribution in [3.63, 3.8) is 0 Å². The molecule has 0 aromatic carbocycles. The predicted molar refractivity (Wildman–Crippen MR) is 73.0 cm³/mol. The molecular weight excluding hydrogens is 226 g/mol. The van der Waals surface area contributed by atoms with Crippen LogP contribution in [0.15, 0.2) is 6.33 Å². The Morgan fingerprint density at radius 3 is 2.94 bits per heavy atom. The summed E-state index contributed by atoms with van der Waals surface area (Å²) < 4.78 is 5.23. The summed E-state index contributed by atoms with van der Waals surface area (Å²) in [5.74, 6) is 2.44. The molecule has 1 saturated carbocycles. The van der Waals surface area contributed by atoms with E-state index < -0.39 is 0 Å². The largest absolute Gasteiger partial charge is 0.481 e. The molecule has 18 heavy (non-hydrogen) atoms. The molecule has 1 fully saturated rings. The smallest absolute Gasteiger partial charge is 0.221 e. The maximum Gasteiger partial charge on any atom is 0.221 e. The van der Waals surface area contributed by atoms with Crippen molar-refractivity contribution >= 4 is 5.82 Å². The Morgan fingerprint density at radius 1 is 1.39 bits per heavy atom. The van der Waals surface area contributed by atoms with E-state index >= 15 is 0 Å². The van der Waals surface area contributed by atoms with Gasteiger partial charge in [0.25, 0.3) is 0 Å². The van der Waals surface area contributed by atoms with Gasteiger partial charge in [0.15, 0.2) is 0 Å². The fraction of sp³-hybridized carbons (Fsp3) is 0.714. The van der Waals surface area contributed by atoms with Gasteiger partial charge in [0.05, 0.1) is 12.7 Å². The first kappa shape index (κ1) is 13.1. The molecule has 1 aromatic rings. The van der Waals surface area contributed by atoms with Crippen LogP contribution in [0.2, 0.25) is 0 Å². The molecule has 0 saturated heterocycles. The quantitative estimate of drug-likeness (QED) is 0.890. The zero-order valence-corrected chi connectivity index (χ0v) is 11.6. The van der Waals surface area contributed by atoms with Gasteiger partial charge >= 0.3 is 0 Å². The molecule has 0 bridgehead atoms. The van der Waals surface area contributed by atoms with E-state index in [0.717, 1.165) is 17.3 Å². The second-order valence-corrected chi connectivity index (χ2v) is 5.14. The number of hydrogen-bond acceptors (Lipinski definition) is 4. The van der Waals surface area contributed by atoms with Crippen LogP contribution in [0, 0.1) is 12.8 Å². The van der Waals surface area contributed by atoms with E-state index in [-0.39, 0.29) is 0 Å². The van der Waals surface area contributed by atoms with Crippen molar-refractivity contribution in [2.45, 2.75) is 52.0 Å². The van der Waals surface area contributed by atoms with Crippen molar-refractivity contribution in [1.29, 1.82) is 0 Å². The van der Waals surface area contributed by atoms with Crippen LogP contribution in [-0.4, -0.2) is 23.1 Å². The fourth-order valence-corrected chi connectivity index (χ4v) is 2.77. The van der Waals surface area contributed by atoms with Crippen LogP contribution in [0.1, 0.15) is 44.6 Å². The summed E-state index contributed by atoms with van der Waals surface area (Å²) in [7, 11) is 1.65. The number of anilines is 1. The maximum atomic E-state index is 5.23. The molecule has 2 atom stereocenters. The van der Waals surface area contributed by atoms with E-state index in [4.69, 9.17) is 4.74 Å². The van der Waals surface area contributed by atoms with Crippen LogP contribution in [0.5, 0.6) is 5.88 Å². The number of nitrogens with zero attached hydrogens (tertiary/aromatic N) is 2. The molecule has 1 aliphatic rings. The lowest BCUT2D eigenvalue weighted by Gasteiger charge is -2.29. The minimum atomic E-state index is 0.544. The van der Waals surface area contributed by atoms with E-state index in [1.54, 1.807) is 13.4 Å². The summed E-state index contributed by atoms with van der Waals surface area (Å²) in [4.78, 5) is 8.44. The minimum Gasteiger partial charge on any atom is -0.481 e. The molecule has 0 amide bonds. The van der Waals surface area contributed by atoms with Crippen LogP contribution in [0.3, 0.4) is 0 Å². The number of nitrogens with one attached hydrogen (secondary N) is 1. The lowest BCUT2D eigenvalue weighted by atomic mass is 9.84. The van der Waals surface area contributed by atoms with Crippen molar-refractivity contribution in [2.24, 2.45) is 5.92 Å². The van der Waals surface area contributed by atoms with E-state index in [1.807, 2.05) is 6.92 Å². The summed E-state index contributed by atoms with van der Waals surface area (Å²) in [6.07, 6.45) is 8.03. The number of ether oxygens (including phenoxy) is 1. The molecule has 4 heteroatoms. The Kier molecular flexibility index (Phi) is 4.39. The zero-order chi connectivity index (χ0) is 13.0. The number of hydrogen-bond donors (Lipinski definition) is 1. The second kappa shape index (κ2) is 6.03. The van der Waals surface area contributed by atoms with Crippen molar-refractivity contribution in [3.05, 3.63) is 11.9 Å². The molecule has 1 N–H and O–H groups in total. The van der Waals surface area contributed by atoms with Gasteiger partial charge in [0, 0.05) is 6.04 Å². The number of methoxy groups -OCH3 is 1. The standard InChI is InChI=1S/C14H23N3O/c1-4-11-6-5-7-12(8-11)17-13-10(2)14(18-3)16-9-15-13/h9,11-12H,4-8H2,1-3H3,(H,15,16,17). The maximum absolute atomic E-state index is 5.23. The van der Waals surface area contributed by atoms with Crippen molar-refractivity contribution in [2.75, 3.05) is 12.4 Å². The third-order valence-electron chi connectivity index (χ3n) is 3.93. The molecule has 1 aliphatic carbocycles. The summed E-state index contributed by atoms with van der Waals surface area (Å²) in [6, 6.07) is 0.544. The van der Waals surface area contributed by atoms with E-state index in [0.29, 0.717) is 11.9 Å².